The molecule has 100 valence electrons. The van der Waals surface area contributed by atoms with Crippen LogP contribution in [0.15, 0.2) is 30.3 Å². The third kappa shape index (κ3) is 3.81. The molecular formula is C14H15NO4. The molecule has 0 aliphatic carbocycles. The third-order valence-electron chi connectivity index (χ3n) is 2.84. The largest absolute Gasteiger partial charge is 0.469 e. The molecule has 0 aliphatic heterocycles. The number of rotatable bonds is 5. The molecule has 1 rings (SSSR count). The molecule has 0 spiro atoms. The Labute approximate surface area is 111 Å². The van der Waals surface area contributed by atoms with Gasteiger partial charge in [-0.15, -0.1) is 0 Å². The van der Waals surface area contributed by atoms with Crippen LogP contribution in [-0.2, 0) is 19.1 Å². The molecule has 0 N–H and O–H groups in total. The summed E-state index contributed by atoms with van der Waals surface area (Å²) in [5.74, 6) is -2.74. The van der Waals surface area contributed by atoms with Crippen LogP contribution in [0.1, 0.15) is 17.9 Å². The maximum absolute atomic E-state index is 11.6. The number of hydrogen-bond acceptors (Lipinski definition) is 5. The van der Waals surface area contributed by atoms with Gasteiger partial charge in [-0.05, 0) is 5.56 Å². The Kier molecular flexibility index (Phi) is 5.55. The minimum absolute atomic E-state index is 0.0478. The lowest BCUT2D eigenvalue weighted by Gasteiger charge is -2.19. The Hall–Kier alpha value is -2.35. The van der Waals surface area contributed by atoms with Gasteiger partial charge in [-0.3, -0.25) is 9.59 Å². The van der Waals surface area contributed by atoms with Gasteiger partial charge in [0.1, 0.15) is 0 Å². The van der Waals surface area contributed by atoms with Crippen molar-refractivity contribution in [2.45, 2.75) is 12.3 Å². The van der Waals surface area contributed by atoms with Crippen LogP contribution in [0.25, 0.3) is 0 Å². The zero-order valence-electron chi connectivity index (χ0n) is 10.8. The van der Waals surface area contributed by atoms with Crippen molar-refractivity contribution in [1.82, 2.24) is 0 Å². The van der Waals surface area contributed by atoms with Crippen molar-refractivity contribution in [2.24, 2.45) is 5.92 Å². The van der Waals surface area contributed by atoms with Crippen LogP contribution in [0, 0.1) is 17.2 Å². The molecule has 0 saturated heterocycles. The summed E-state index contributed by atoms with van der Waals surface area (Å²) in [6.07, 6.45) is -0.0478. The second-order valence-corrected chi connectivity index (χ2v) is 3.93. The highest BCUT2D eigenvalue weighted by molar-refractivity contribution is 5.78. The van der Waals surface area contributed by atoms with Gasteiger partial charge in [0.25, 0.3) is 0 Å². The Bertz CT molecular complexity index is 478. The van der Waals surface area contributed by atoms with Crippen LogP contribution in [0.4, 0.5) is 0 Å². The number of carbonyl (C=O) groups excluding carboxylic acids is 2. The van der Waals surface area contributed by atoms with Gasteiger partial charge >= 0.3 is 11.9 Å². The molecule has 0 fully saturated rings. The smallest absolute Gasteiger partial charge is 0.323 e. The molecule has 5 heteroatoms. The molecule has 19 heavy (non-hydrogen) atoms. The van der Waals surface area contributed by atoms with Crippen molar-refractivity contribution in [2.75, 3.05) is 14.2 Å². The summed E-state index contributed by atoms with van der Waals surface area (Å²) >= 11 is 0. The van der Waals surface area contributed by atoms with Crippen molar-refractivity contribution in [3.8, 4) is 6.07 Å². The molecule has 0 amide bonds. The summed E-state index contributed by atoms with van der Waals surface area (Å²) in [5, 5.41) is 9.14. The van der Waals surface area contributed by atoms with Gasteiger partial charge in [0.05, 0.1) is 26.7 Å². The fourth-order valence-corrected chi connectivity index (χ4v) is 1.83. The normalized spacial score (nSPS) is 12.9. The number of methoxy groups -OCH3 is 2. The molecular weight excluding hydrogens is 246 g/mol. The molecule has 0 aliphatic rings. The molecule has 1 aromatic carbocycles. The van der Waals surface area contributed by atoms with Gasteiger partial charge in [0, 0.05) is 5.92 Å². The predicted molar refractivity (Wildman–Crippen MR) is 66.9 cm³/mol. The number of carbonyl (C=O) groups is 2. The molecule has 1 aromatic rings. The highest BCUT2D eigenvalue weighted by Crippen LogP contribution is 2.29. The van der Waals surface area contributed by atoms with E-state index in [2.05, 4.69) is 9.47 Å². The molecule has 0 aromatic heterocycles. The number of nitriles is 1. The van der Waals surface area contributed by atoms with Gasteiger partial charge in [-0.2, -0.15) is 5.26 Å². The van der Waals surface area contributed by atoms with Crippen molar-refractivity contribution in [1.29, 1.82) is 5.26 Å². The molecule has 0 bridgehead atoms. The van der Waals surface area contributed by atoms with Crippen molar-refractivity contribution in [3.05, 3.63) is 35.9 Å². The minimum Gasteiger partial charge on any atom is -0.469 e. The van der Waals surface area contributed by atoms with Crippen LogP contribution in [0.2, 0.25) is 0 Å². The first-order valence-corrected chi connectivity index (χ1v) is 5.73. The topological polar surface area (TPSA) is 76.4 Å². The Balaban J connectivity index is 3.08. The molecule has 0 saturated carbocycles. The van der Waals surface area contributed by atoms with E-state index in [1.54, 1.807) is 24.3 Å². The van der Waals surface area contributed by atoms with Crippen LogP contribution in [0.3, 0.4) is 0 Å². The van der Waals surface area contributed by atoms with Gasteiger partial charge in [0.2, 0.25) is 0 Å². The average Bonchev–Trinajstić information content (AvgIpc) is 2.47. The first-order valence-electron chi connectivity index (χ1n) is 5.73. The number of ether oxygens (including phenoxy) is 2. The van der Waals surface area contributed by atoms with Crippen LogP contribution >= 0.6 is 0 Å². The van der Waals surface area contributed by atoms with Gasteiger partial charge in [-0.25, -0.2) is 0 Å². The summed E-state index contributed by atoms with van der Waals surface area (Å²) in [7, 11) is 2.48. The second-order valence-electron chi connectivity index (χ2n) is 3.93. The lowest BCUT2D eigenvalue weighted by molar-refractivity contribution is -0.145. The summed E-state index contributed by atoms with van der Waals surface area (Å²) in [6, 6.07) is 10.8. The second kappa shape index (κ2) is 7.17. The SMILES string of the molecule is COC(=O)C[C@@H](c1ccccc1)[C@@H](C#N)C(=O)OC. The Morgan fingerprint density at radius 1 is 1.21 bits per heavy atom. The Morgan fingerprint density at radius 2 is 1.84 bits per heavy atom. The van der Waals surface area contributed by atoms with Gasteiger partial charge in [-0.1, -0.05) is 30.3 Å². The van der Waals surface area contributed by atoms with Crippen LogP contribution in [0.5, 0.6) is 0 Å². The standard InChI is InChI=1S/C14H15NO4/c1-18-13(16)8-11(10-6-4-3-5-7-10)12(9-15)14(17)19-2/h3-7,11-12H,8H2,1-2H3/t11-,12+/m0/s1. The van der Waals surface area contributed by atoms with Crippen LogP contribution < -0.4 is 0 Å². The zero-order chi connectivity index (χ0) is 14.3. The minimum atomic E-state index is -1.04. The quantitative estimate of drug-likeness (QED) is 0.753. The zero-order valence-corrected chi connectivity index (χ0v) is 10.8. The summed E-state index contributed by atoms with van der Waals surface area (Å²) in [5.41, 5.74) is 0.727. The van der Waals surface area contributed by atoms with Gasteiger partial charge < -0.3 is 9.47 Å². The molecule has 0 unspecified atom stereocenters. The van der Waals surface area contributed by atoms with E-state index in [4.69, 9.17) is 5.26 Å². The van der Waals surface area contributed by atoms with Crippen molar-refractivity contribution < 1.29 is 19.1 Å². The number of nitrogens with zero attached hydrogens (tertiary/aromatic N) is 1. The monoisotopic (exact) mass is 261 g/mol. The fourth-order valence-electron chi connectivity index (χ4n) is 1.83. The van der Waals surface area contributed by atoms with Crippen molar-refractivity contribution in [3.63, 3.8) is 0 Å². The predicted octanol–water partition coefficient (Wildman–Crippen LogP) is 1.65. The lowest BCUT2D eigenvalue weighted by atomic mass is 9.84. The number of benzene rings is 1. The summed E-state index contributed by atoms with van der Waals surface area (Å²) in [6.45, 7) is 0. The van der Waals surface area contributed by atoms with E-state index in [0.29, 0.717) is 0 Å². The molecule has 0 heterocycles. The Morgan fingerprint density at radius 3 is 2.32 bits per heavy atom. The van der Waals surface area contributed by atoms with E-state index in [0.717, 1.165) is 5.56 Å². The maximum Gasteiger partial charge on any atom is 0.323 e. The maximum atomic E-state index is 11.6. The van der Waals surface area contributed by atoms with E-state index in [1.807, 2.05) is 12.1 Å². The third-order valence-corrected chi connectivity index (χ3v) is 2.84. The summed E-state index contributed by atoms with van der Waals surface area (Å²) < 4.78 is 9.22. The van der Waals surface area contributed by atoms with Crippen molar-refractivity contribution >= 4 is 11.9 Å². The summed E-state index contributed by atoms with van der Waals surface area (Å²) in [4.78, 5) is 23.1. The number of hydrogen-bond donors (Lipinski definition) is 0. The first-order chi connectivity index (χ1) is 9.13. The van der Waals surface area contributed by atoms with E-state index < -0.39 is 23.8 Å². The molecule has 0 radical (unpaired) electrons. The van der Waals surface area contributed by atoms with E-state index in [9.17, 15) is 9.59 Å². The van der Waals surface area contributed by atoms with E-state index in [1.165, 1.54) is 14.2 Å². The molecule has 2 atom stereocenters. The first kappa shape index (κ1) is 14.7. The fraction of sp³-hybridized carbons (Fsp3) is 0.357. The highest BCUT2D eigenvalue weighted by Gasteiger charge is 2.32. The number of esters is 2. The van der Waals surface area contributed by atoms with E-state index >= 15 is 0 Å². The average molecular weight is 261 g/mol. The van der Waals surface area contributed by atoms with Gasteiger partial charge in [0.15, 0.2) is 5.92 Å². The van der Waals surface area contributed by atoms with E-state index in [-0.39, 0.29) is 6.42 Å². The lowest BCUT2D eigenvalue weighted by Crippen LogP contribution is -2.24. The molecule has 5 nitrogen and oxygen atoms in total. The van der Waals surface area contributed by atoms with Crippen LogP contribution in [-0.4, -0.2) is 26.2 Å². The highest BCUT2D eigenvalue weighted by atomic mass is 16.5.